The van der Waals surface area contributed by atoms with Crippen molar-refractivity contribution in [1.82, 2.24) is 4.90 Å². The summed E-state index contributed by atoms with van der Waals surface area (Å²) in [5.41, 5.74) is 7.23. The van der Waals surface area contributed by atoms with E-state index in [1.54, 1.807) is 25.3 Å². The molecule has 1 heterocycles. The van der Waals surface area contributed by atoms with Crippen LogP contribution in [0.15, 0.2) is 18.2 Å². The zero-order valence-corrected chi connectivity index (χ0v) is 12.6. The lowest BCUT2D eigenvalue weighted by molar-refractivity contribution is 0.0766. The van der Waals surface area contributed by atoms with Gasteiger partial charge in [-0.2, -0.15) is 0 Å². The number of carbonyl (C=O) groups excluding carboxylic acids is 1. The van der Waals surface area contributed by atoms with Crippen molar-refractivity contribution in [2.24, 2.45) is 5.41 Å². The lowest BCUT2D eigenvalue weighted by Crippen LogP contribution is -2.32. The van der Waals surface area contributed by atoms with E-state index in [-0.39, 0.29) is 11.3 Å². The summed E-state index contributed by atoms with van der Waals surface area (Å²) in [5, 5.41) is 0. The van der Waals surface area contributed by atoms with Crippen LogP contribution >= 0.6 is 0 Å². The zero-order chi connectivity index (χ0) is 14.8. The molecule has 1 aliphatic rings. The number of anilines is 1. The summed E-state index contributed by atoms with van der Waals surface area (Å²) >= 11 is 0. The highest BCUT2D eigenvalue weighted by Gasteiger charge is 2.37. The van der Waals surface area contributed by atoms with Crippen molar-refractivity contribution >= 4 is 11.6 Å². The van der Waals surface area contributed by atoms with Crippen molar-refractivity contribution in [2.75, 3.05) is 25.9 Å². The molecule has 1 aliphatic heterocycles. The van der Waals surface area contributed by atoms with E-state index < -0.39 is 0 Å². The molecular weight excluding hydrogens is 252 g/mol. The molecule has 0 aliphatic carbocycles. The molecule has 0 radical (unpaired) electrons. The average Bonchev–Trinajstić information content (AvgIpc) is 2.91. The van der Waals surface area contributed by atoms with Gasteiger partial charge in [0.1, 0.15) is 0 Å². The van der Waals surface area contributed by atoms with E-state index in [0.29, 0.717) is 17.0 Å². The first-order valence-corrected chi connectivity index (χ1v) is 7.28. The van der Waals surface area contributed by atoms with Crippen LogP contribution in [-0.2, 0) is 0 Å². The largest absolute Gasteiger partial charge is 0.494 e. The van der Waals surface area contributed by atoms with Crippen LogP contribution < -0.4 is 10.5 Å². The molecule has 2 N–H and O–H groups in total. The summed E-state index contributed by atoms with van der Waals surface area (Å²) in [7, 11) is 1.55. The van der Waals surface area contributed by atoms with Gasteiger partial charge in [0.15, 0.2) is 5.75 Å². The number of rotatable bonds is 4. The normalized spacial score (nSPS) is 17.2. The Labute approximate surface area is 120 Å². The Morgan fingerprint density at radius 2 is 2.10 bits per heavy atom. The van der Waals surface area contributed by atoms with Crippen LogP contribution in [-0.4, -0.2) is 31.0 Å². The van der Waals surface area contributed by atoms with Gasteiger partial charge in [0, 0.05) is 13.1 Å². The van der Waals surface area contributed by atoms with E-state index in [9.17, 15) is 4.79 Å². The quantitative estimate of drug-likeness (QED) is 0.860. The number of hydrogen-bond acceptors (Lipinski definition) is 3. The van der Waals surface area contributed by atoms with Crippen molar-refractivity contribution in [3.63, 3.8) is 0 Å². The first kappa shape index (κ1) is 14.7. The second-order valence-corrected chi connectivity index (χ2v) is 5.61. The van der Waals surface area contributed by atoms with Gasteiger partial charge in [-0.05, 0) is 36.8 Å². The summed E-state index contributed by atoms with van der Waals surface area (Å²) in [6.07, 6.45) is 3.30. The molecule has 0 atom stereocenters. The van der Waals surface area contributed by atoms with Crippen LogP contribution in [0.4, 0.5) is 5.69 Å². The predicted octanol–water partition coefficient (Wildman–Crippen LogP) is 2.93. The van der Waals surface area contributed by atoms with Crippen molar-refractivity contribution in [3.8, 4) is 5.75 Å². The van der Waals surface area contributed by atoms with E-state index in [2.05, 4.69) is 13.8 Å². The molecule has 0 aromatic heterocycles. The van der Waals surface area contributed by atoms with Crippen molar-refractivity contribution in [3.05, 3.63) is 23.8 Å². The zero-order valence-electron chi connectivity index (χ0n) is 12.6. The highest BCUT2D eigenvalue weighted by molar-refractivity contribution is 5.98. The van der Waals surface area contributed by atoms with Gasteiger partial charge in [-0.15, -0.1) is 0 Å². The summed E-state index contributed by atoms with van der Waals surface area (Å²) < 4.78 is 5.29. The van der Waals surface area contributed by atoms with Gasteiger partial charge in [0.2, 0.25) is 0 Å². The maximum absolute atomic E-state index is 12.7. The third kappa shape index (κ3) is 2.47. The molecule has 0 spiro atoms. The Balaban J connectivity index is 2.24. The van der Waals surface area contributed by atoms with E-state index in [4.69, 9.17) is 10.5 Å². The first-order valence-electron chi connectivity index (χ1n) is 7.28. The van der Waals surface area contributed by atoms with Gasteiger partial charge < -0.3 is 15.4 Å². The second-order valence-electron chi connectivity index (χ2n) is 5.61. The molecule has 1 fully saturated rings. The summed E-state index contributed by atoms with van der Waals surface area (Å²) in [4.78, 5) is 14.6. The number of likely N-dealkylation sites (tertiary alicyclic amines) is 1. The van der Waals surface area contributed by atoms with Crippen LogP contribution in [0.2, 0.25) is 0 Å². The molecule has 1 aromatic carbocycles. The summed E-state index contributed by atoms with van der Waals surface area (Å²) in [5.74, 6) is 0.515. The van der Waals surface area contributed by atoms with E-state index in [1.807, 2.05) is 4.90 Å². The number of hydrogen-bond donors (Lipinski definition) is 1. The van der Waals surface area contributed by atoms with Gasteiger partial charge in [-0.25, -0.2) is 0 Å². The standard InChI is InChI=1S/C16H24N2O2/c1-4-16(5-2)9-10-18(11-16)15(19)12-7-6-8-13(17)14(12)20-3/h6-8H,4-5,9-11,17H2,1-3H3. The molecule has 110 valence electrons. The summed E-state index contributed by atoms with van der Waals surface area (Å²) in [6, 6.07) is 5.34. The van der Waals surface area contributed by atoms with Crippen LogP contribution in [0, 0.1) is 5.41 Å². The van der Waals surface area contributed by atoms with Crippen LogP contribution in [0.5, 0.6) is 5.75 Å². The van der Waals surface area contributed by atoms with Crippen LogP contribution in [0.1, 0.15) is 43.5 Å². The Morgan fingerprint density at radius 3 is 2.65 bits per heavy atom. The average molecular weight is 276 g/mol. The van der Waals surface area contributed by atoms with Crippen molar-refractivity contribution in [2.45, 2.75) is 33.1 Å². The number of amides is 1. The molecule has 4 heteroatoms. The van der Waals surface area contributed by atoms with E-state index in [1.165, 1.54) is 0 Å². The van der Waals surface area contributed by atoms with Gasteiger partial charge in [0.25, 0.3) is 5.91 Å². The number of carbonyl (C=O) groups is 1. The number of ether oxygens (including phenoxy) is 1. The van der Waals surface area contributed by atoms with Crippen molar-refractivity contribution < 1.29 is 9.53 Å². The number of benzene rings is 1. The molecule has 0 saturated carbocycles. The fourth-order valence-corrected chi connectivity index (χ4v) is 3.06. The lowest BCUT2D eigenvalue weighted by atomic mass is 9.82. The van der Waals surface area contributed by atoms with Gasteiger partial charge >= 0.3 is 0 Å². The molecule has 2 rings (SSSR count). The number of para-hydroxylation sites is 1. The number of nitrogens with two attached hydrogens (primary N) is 1. The fraction of sp³-hybridized carbons (Fsp3) is 0.562. The Bertz CT molecular complexity index is 495. The minimum Gasteiger partial charge on any atom is -0.494 e. The predicted molar refractivity (Wildman–Crippen MR) is 80.9 cm³/mol. The van der Waals surface area contributed by atoms with E-state index in [0.717, 1.165) is 32.4 Å². The highest BCUT2D eigenvalue weighted by atomic mass is 16.5. The van der Waals surface area contributed by atoms with Crippen LogP contribution in [0.3, 0.4) is 0 Å². The van der Waals surface area contributed by atoms with Gasteiger partial charge in [0.05, 0.1) is 18.4 Å². The molecule has 20 heavy (non-hydrogen) atoms. The number of methoxy groups -OCH3 is 1. The Kier molecular flexibility index (Phi) is 4.21. The smallest absolute Gasteiger partial charge is 0.257 e. The maximum atomic E-state index is 12.7. The second kappa shape index (κ2) is 5.73. The van der Waals surface area contributed by atoms with E-state index >= 15 is 0 Å². The topological polar surface area (TPSA) is 55.6 Å². The number of nitrogens with zero attached hydrogens (tertiary/aromatic N) is 1. The Hall–Kier alpha value is -1.71. The van der Waals surface area contributed by atoms with Gasteiger partial charge in [-0.1, -0.05) is 19.9 Å². The first-order chi connectivity index (χ1) is 9.56. The fourth-order valence-electron chi connectivity index (χ4n) is 3.06. The molecule has 0 unspecified atom stereocenters. The summed E-state index contributed by atoms with van der Waals surface area (Å²) in [6.45, 7) is 6.06. The third-order valence-electron chi connectivity index (χ3n) is 4.71. The highest BCUT2D eigenvalue weighted by Crippen LogP contribution is 2.38. The SMILES string of the molecule is CCC1(CC)CCN(C(=O)c2cccc(N)c2OC)C1. The molecule has 0 bridgehead atoms. The minimum atomic E-state index is 0.0259. The molecule has 1 amide bonds. The van der Waals surface area contributed by atoms with Gasteiger partial charge in [-0.3, -0.25) is 4.79 Å². The molecular formula is C16H24N2O2. The minimum absolute atomic E-state index is 0.0259. The Morgan fingerprint density at radius 1 is 1.40 bits per heavy atom. The molecule has 4 nitrogen and oxygen atoms in total. The number of nitrogen functional groups attached to an aromatic ring is 1. The maximum Gasteiger partial charge on any atom is 0.257 e. The monoisotopic (exact) mass is 276 g/mol. The molecule has 1 saturated heterocycles. The lowest BCUT2D eigenvalue weighted by Gasteiger charge is -2.26. The van der Waals surface area contributed by atoms with Crippen molar-refractivity contribution in [1.29, 1.82) is 0 Å². The molecule has 1 aromatic rings. The van der Waals surface area contributed by atoms with Crippen LogP contribution in [0.25, 0.3) is 0 Å². The third-order valence-corrected chi connectivity index (χ3v) is 4.71.